The Morgan fingerprint density at radius 3 is 2.85 bits per heavy atom. The van der Waals surface area contributed by atoms with Crippen LogP contribution in [0.1, 0.15) is 45.1 Å². The summed E-state index contributed by atoms with van der Waals surface area (Å²) in [7, 11) is 0. The molecule has 0 aromatic heterocycles. The Morgan fingerprint density at radius 2 is 2.10 bits per heavy atom. The molecule has 2 unspecified atom stereocenters. The van der Waals surface area contributed by atoms with Gasteiger partial charge in [0.2, 0.25) is 5.91 Å². The number of hydrogen-bond acceptors (Lipinski definition) is 2. The van der Waals surface area contributed by atoms with Crippen LogP contribution >= 0.6 is 0 Å². The van der Waals surface area contributed by atoms with Crippen LogP contribution in [0.4, 0.5) is 5.69 Å². The topological polar surface area (TPSA) is 41.1 Å². The predicted molar refractivity (Wildman–Crippen MR) is 83.6 cm³/mol. The van der Waals surface area contributed by atoms with Gasteiger partial charge in [0, 0.05) is 19.2 Å². The Morgan fingerprint density at radius 1 is 1.30 bits per heavy atom. The molecule has 2 atom stereocenters. The van der Waals surface area contributed by atoms with Crippen molar-refractivity contribution in [3.63, 3.8) is 0 Å². The van der Waals surface area contributed by atoms with Crippen LogP contribution < -0.4 is 10.6 Å². The Hall–Kier alpha value is -1.35. The van der Waals surface area contributed by atoms with Crippen molar-refractivity contribution in [1.82, 2.24) is 5.32 Å². The summed E-state index contributed by atoms with van der Waals surface area (Å²) in [6.07, 6.45) is 5.46. The maximum Gasteiger partial charge on any atom is 0.221 e. The summed E-state index contributed by atoms with van der Waals surface area (Å²) in [6.45, 7) is 5.81. The molecule has 0 bridgehead atoms. The van der Waals surface area contributed by atoms with Gasteiger partial charge in [0.15, 0.2) is 0 Å². The van der Waals surface area contributed by atoms with E-state index in [0.29, 0.717) is 0 Å². The van der Waals surface area contributed by atoms with E-state index in [-0.39, 0.29) is 5.91 Å². The molecule has 1 aliphatic carbocycles. The third kappa shape index (κ3) is 4.64. The molecule has 3 nitrogen and oxygen atoms in total. The van der Waals surface area contributed by atoms with E-state index in [0.717, 1.165) is 36.2 Å². The number of para-hydroxylation sites is 1. The third-order valence-corrected chi connectivity index (χ3v) is 4.12. The molecule has 2 N–H and O–H groups in total. The standard InChI is InChI=1S/C17H26N2O/c1-13-6-5-7-15(10-13)11-18-12-16-8-3-4-9-17(16)19-14(2)20/h3-4,8-9,13,15,18H,5-7,10-12H2,1-2H3,(H,19,20). The van der Waals surface area contributed by atoms with Gasteiger partial charge in [-0.2, -0.15) is 0 Å². The van der Waals surface area contributed by atoms with Crippen LogP contribution in [0.15, 0.2) is 24.3 Å². The van der Waals surface area contributed by atoms with Gasteiger partial charge in [-0.1, -0.05) is 38.0 Å². The second-order valence-corrected chi connectivity index (χ2v) is 6.11. The van der Waals surface area contributed by atoms with Crippen LogP contribution in [0.5, 0.6) is 0 Å². The van der Waals surface area contributed by atoms with Crippen LogP contribution in [0.3, 0.4) is 0 Å². The lowest BCUT2D eigenvalue weighted by molar-refractivity contribution is -0.114. The van der Waals surface area contributed by atoms with Crippen molar-refractivity contribution in [2.45, 2.75) is 46.1 Å². The van der Waals surface area contributed by atoms with Gasteiger partial charge in [-0.25, -0.2) is 0 Å². The molecule has 1 aromatic carbocycles. The van der Waals surface area contributed by atoms with Crippen LogP contribution in [-0.2, 0) is 11.3 Å². The van der Waals surface area contributed by atoms with Crippen LogP contribution in [0.2, 0.25) is 0 Å². The predicted octanol–water partition coefficient (Wildman–Crippen LogP) is 3.56. The van der Waals surface area contributed by atoms with Crippen LogP contribution in [-0.4, -0.2) is 12.5 Å². The fourth-order valence-electron chi connectivity index (χ4n) is 3.14. The second-order valence-electron chi connectivity index (χ2n) is 6.11. The number of carbonyl (C=O) groups is 1. The van der Waals surface area contributed by atoms with E-state index in [1.807, 2.05) is 18.2 Å². The summed E-state index contributed by atoms with van der Waals surface area (Å²) in [4.78, 5) is 11.2. The number of anilines is 1. The highest BCUT2D eigenvalue weighted by Crippen LogP contribution is 2.28. The van der Waals surface area contributed by atoms with Gasteiger partial charge in [0.25, 0.3) is 0 Å². The van der Waals surface area contributed by atoms with E-state index in [1.165, 1.54) is 25.7 Å². The smallest absolute Gasteiger partial charge is 0.221 e. The highest BCUT2D eigenvalue weighted by atomic mass is 16.1. The first-order valence-electron chi connectivity index (χ1n) is 7.71. The van der Waals surface area contributed by atoms with E-state index in [2.05, 4.69) is 23.6 Å². The first-order valence-corrected chi connectivity index (χ1v) is 7.71. The zero-order chi connectivity index (χ0) is 14.4. The molecule has 20 heavy (non-hydrogen) atoms. The Balaban J connectivity index is 1.83. The number of hydrogen-bond donors (Lipinski definition) is 2. The Kier molecular flexibility index (Phi) is 5.60. The Bertz CT molecular complexity index is 444. The minimum Gasteiger partial charge on any atom is -0.326 e. The normalized spacial score (nSPS) is 22.5. The van der Waals surface area contributed by atoms with Gasteiger partial charge in [-0.05, 0) is 42.9 Å². The lowest BCUT2D eigenvalue weighted by atomic mass is 9.82. The molecule has 0 aliphatic heterocycles. The lowest BCUT2D eigenvalue weighted by Gasteiger charge is -2.27. The number of benzene rings is 1. The third-order valence-electron chi connectivity index (χ3n) is 4.12. The summed E-state index contributed by atoms with van der Waals surface area (Å²) >= 11 is 0. The van der Waals surface area contributed by atoms with E-state index < -0.39 is 0 Å². The van der Waals surface area contributed by atoms with E-state index in [1.54, 1.807) is 6.92 Å². The van der Waals surface area contributed by atoms with Crippen molar-refractivity contribution in [2.24, 2.45) is 11.8 Å². The maximum absolute atomic E-state index is 11.2. The summed E-state index contributed by atoms with van der Waals surface area (Å²) in [5.74, 6) is 1.67. The number of nitrogens with one attached hydrogen (secondary N) is 2. The van der Waals surface area contributed by atoms with E-state index in [4.69, 9.17) is 0 Å². The summed E-state index contributed by atoms with van der Waals surface area (Å²) in [6, 6.07) is 8.01. The molecular formula is C17H26N2O. The minimum absolute atomic E-state index is 0.0152. The molecule has 0 spiro atoms. The quantitative estimate of drug-likeness (QED) is 0.862. The molecule has 0 heterocycles. The highest BCUT2D eigenvalue weighted by Gasteiger charge is 2.18. The first kappa shape index (κ1) is 15.0. The largest absolute Gasteiger partial charge is 0.326 e. The van der Waals surface area contributed by atoms with Gasteiger partial charge in [0.05, 0.1) is 0 Å². The van der Waals surface area contributed by atoms with Crippen molar-refractivity contribution in [1.29, 1.82) is 0 Å². The zero-order valence-corrected chi connectivity index (χ0v) is 12.6. The van der Waals surface area contributed by atoms with Crippen molar-refractivity contribution in [3.05, 3.63) is 29.8 Å². The SMILES string of the molecule is CC(=O)Nc1ccccc1CNCC1CCCC(C)C1. The van der Waals surface area contributed by atoms with Crippen molar-refractivity contribution in [2.75, 3.05) is 11.9 Å². The molecule has 110 valence electrons. The second kappa shape index (κ2) is 7.44. The van der Waals surface area contributed by atoms with E-state index >= 15 is 0 Å². The molecule has 1 fully saturated rings. The molecule has 1 amide bonds. The highest BCUT2D eigenvalue weighted by molar-refractivity contribution is 5.89. The molecule has 2 rings (SSSR count). The molecule has 1 saturated carbocycles. The summed E-state index contributed by atoms with van der Waals surface area (Å²) in [5, 5.41) is 6.44. The summed E-state index contributed by atoms with van der Waals surface area (Å²) < 4.78 is 0. The van der Waals surface area contributed by atoms with Gasteiger partial charge in [0.1, 0.15) is 0 Å². The Labute approximate surface area is 122 Å². The minimum atomic E-state index is -0.0152. The molecule has 3 heteroatoms. The van der Waals surface area contributed by atoms with Gasteiger partial charge in [-0.3, -0.25) is 4.79 Å². The van der Waals surface area contributed by atoms with Crippen molar-refractivity contribution < 1.29 is 4.79 Å². The average molecular weight is 274 g/mol. The fourth-order valence-corrected chi connectivity index (χ4v) is 3.14. The summed E-state index contributed by atoms with van der Waals surface area (Å²) in [5.41, 5.74) is 2.08. The van der Waals surface area contributed by atoms with Gasteiger partial charge in [-0.15, -0.1) is 0 Å². The molecule has 0 saturated heterocycles. The van der Waals surface area contributed by atoms with Gasteiger partial charge >= 0.3 is 0 Å². The molecular weight excluding hydrogens is 248 g/mol. The molecule has 1 aromatic rings. The van der Waals surface area contributed by atoms with Crippen molar-refractivity contribution in [3.8, 4) is 0 Å². The van der Waals surface area contributed by atoms with Gasteiger partial charge < -0.3 is 10.6 Å². The first-order chi connectivity index (χ1) is 9.65. The molecule has 0 radical (unpaired) electrons. The number of amides is 1. The zero-order valence-electron chi connectivity index (χ0n) is 12.6. The van der Waals surface area contributed by atoms with Crippen molar-refractivity contribution >= 4 is 11.6 Å². The fraction of sp³-hybridized carbons (Fsp3) is 0.588. The maximum atomic E-state index is 11.2. The number of carbonyl (C=O) groups excluding carboxylic acids is 1. The van der Waals surface area contributed by atoms with Crippen LogP contribution in [0, 0.1) is 11.8 Å². The lowest BCUT2D eigenvalue weighted by Crippen LogP contribution is -2.26. The molecule has 1 aliphatic rings. The van der Waals surface area contributed by atoms with E-state index in [9.17, 15) is 4.79 Å². The monoisotopic (exact) mass is 274 g/mol. The average Bonchev–Trinajstić information content (AvgIpc) is 2.40. The number of rotatable bonds is 5. The van der Waals surface area contributed by atoms with Crippen LogP contribution in [0.25, 0.3) is 0 Å².